The summed E-state index contributed by atoms with van der Waals surface area (Å²) in [4.78, 5) is 0. The molecule has 1 rings (SSSR count). The molecule has 1 aromatic carbocycles. The molecule has 0 aliphatic heterocycles. The lowest BCUT2D eigenvalue weighted by Gasteiger charge is -2.12. The van der Waals surface area contributed by atoms with Gasteiger partial charge in [0.25, 0.3) is 0 Å². The summed E-state index contributed by atoms with van der Waals surface area (Å²) >= 11 is 8.88. The van der Waals surface area contributed by atoms with Crippen LogP contribution in [0.3, 0.4) is 0 Å². The Bertz CT molecular complexity index is 312. The normalized spacial score (nSPS) is 13.4. The quantitative estimate of drug-likeness (QED) is 0.879. The molecule has 0 amide bonds. The fourth-order valence-electron chi connectivity index (χ4n) is 1.18. The molecule has 0 unspecified atom stereocenters. The lowest BCUT2D eigenvalue weighted by molar-refractivity contribution is 0.617. The third-order valence-corrected chi connectivity index (χ3v) is 2.65. The molecule has 76 valence electrons. The molecule has 0 aliphatic carbocycles. The highest BCUT2D eigenvalue weighted by Crippen LogP contribution is 2.17. The van der Waals surface area contributed by atoms with Gasteiger partial charge < -0.3 is 5.32 Å². The van der Waals surface area contributed by atoms with Crippen LogP contribution in [0, 0.1) is 0 Å². The Labute approximate surface area is 98.3 Å². The Morgan fingerprint density at radius 2 is 2.36 bits per heavy atom. The molecule has 1 N–H and O–H groups in total. The minimum Gasteiger partial charge on any atom is -0.307 e. The Hall–Kier alpha value is -0.310. The number of halogens is 2. The average molecular weight is 275 g/mol. The molecule has 0 bridgehead atoms. The van der Waals surface area contributed by atoms with Crippen molar-refractivity contribution in [1.29, 1.82) is 0 Å². The highest BCUT2D eigenvalue weighted by atomic mass is 79.9. The number of hydrogen-bond acceptors (Lipinski definition) is 1. The average Bonchev–Trinajstić information content (AvgIpc) is 2.18. The molecule has 0 saturated heterocycles. The topological polar surface area (TPSA) is 12.0 Å². The van der Waals surface area contributed by atoms with Gasteiger partial charge in [0.2, 0.25) is 0 Å². The van der Waals surface area contributed by atoms with Crippen LogP contribution in [-0.2, 0) is 0 Å². The summed E-state index contributed by atoms with van der Waals surface area (Å²) in [6.45, 7) is 2.92. The van der Waals surface area contributed by atoms with E-state index < -0.39 is 0 Å². The lowest BCUT2D eigenvalue weighted by atomic mass is 10.1. The number of hydrogen-bond donors (Lipinski definition) is 1. The van der Waals surface area contributed by atoms with Crippen molar-refractivity contribution in [3.05, 3.63) is 45.9 Å². The lowest BCUT2D eigenvalue weighted by Crippen LogP contribution is -2.18. The second kappa shape index (κ2) is 6.23. The predicted molar refractivity (Wildman–Crippen MR) is 65.6 cm³/mol. The van der Waals surface area contributed by atoms with Crippen LogP contribution in [0.5, 0.6) is 0 Å². The highest BCUT2D eigenvalue weighted by molar-refractivity contribution is 9.10. The second-order valence-electron chi connectivity index (χ2n) is 3.05. The van der Waals surface area contributed by atoms with Gasteiger partial charge in [0.05, 0.1) is 0 Å². The zero-order chi connectivity index (χ0) is 10.4. The van der Waals surface area contributed by atoms with E-state index >= 15 is 0 Å². The van der Waals surface area contributed by atoms with Crippen LogP contribution < -0.4 is 5.32 Å². The molecule has 0 radical (unpaired) electrons. The van der Waals surface area contributed by atoms with Crippen molar-refractivity contribution in [3.63, 3.8) is 0 Å². The molecule has 1 aromatic rings. The van der Waals surface area contributed by atoms with Gasteiger partial charge in [-0.1, -0.05) is 45.7 Å². The van der Waals surface area contributed by atoms with Crippen molar-refractivity contribution >= 4 is 27.5 Å². The largest absolute Gasteiger partial charge is 0.307 e. The zero-order valence-electron chi connectivity index (χ0n) is 8.00. The first-order valence-corrected chi connectivity index (χ1v) is 5.71. The van der Waals surface area contributed by atoms with Gasteiger partial charge in [0, 0.05) is 22.6 Å². The van der Waals surface area contributed by atoms with E-state index in [1.165, 1.54) is 11.1 Å². The zero-order valence-corrected chi connectivity index (χ0v) is 10.3. The van der Waals surface area contributed by atoms with Gasteiger partial charge in [0.15, 0.2) is 0 Å². The fourth-order valence-corrected chi connectivity index (χ4v) is 1.69. The summed E-state index contributed by atoms with van der Waals surface area (Å²) in [7, 11) is 0. The molecule has 0 spiro atoms. The van der Waals surface area contributed by atoms with E-state index in [1.54, 1.807) is 0 Å². The van der Waals surface area contributed by atoms with E-state index in [0.717, 1.165) is 11.0 Å². The SMILES string of the molecule is C[C@H](NC/C=C/Cl)c1cccc(Br)c1. The van der Waals surface area contributed by atoms with Crippen molar-refractivity contribution in [1.82, 2.24) is 5.32 Å². The van der Waals surface area contributed by atoms with E-state index in [2.05, 4.69) is 40.3 Å². The third-order valence-electron chi connectivity index (χ3n) is 1.98. The smallest absolute Gasteiger partial charge is 0.0295 e. The van der Waals surface area contributed by atoms with Crippen molar-refractivity contribution in [2.75, 3.05) is 6.54 Å². The molecule has 1 atom stereocenters. The van der Waals surface area contributed by atoms with Crippen LogP contribution in [0.2, 0.25) is 0 Å². The second-order valence-corrected chi connectivity index (χ2v) is 4.21. The van der Waals surface area contributed by atoms with Gasteiger partial charge in [0.1, 0.15) is 0 Å². The van der Waals surface area contributed by atoms with E-state index in [-0.39, 0.29) is 0 Å². The molecular weight excluding hydrogens is 261 g/mol. The molecule has 0 aromatic heterocycles. The monoisotopic (exact) mass is 273 g/mol. The van der Waals surface area contributed by atoms with Gasteiger partial charge in [-0.3, -0.25) is 0 Å². The van der Waals surface area contributed by atoms with E-state index in [4.69, 9.17) is 11.6 Å². The highest BCUT2D eigenvalue weighted by Gasteiger charge is 2.02. The van der Waals surface area contributed by atoms with E-state index in [0.29, 0.717) is 6.04 Å². The van der Waals surface area contributed by atoms with Crippen molar-refractivity contribution in [2.24, 2.45) is 0 Å². The Kier molecular flexibility index (Phi) is 5.23. The van der Waals surface area contributed by atoms with Crippen LogP contribution in [0.1, 0.15) is 18.5 Å². The molecule has 3 heteroatoms. The minimum absolute atomic E-state index is 0.334. The molecular formula is C11H13BrClN. The maximum Gasteiger partial charge on any atom is 0.0295 e. The number of rotatable bonds is 4. The molecule has 0 saturated carbocycles. The first-order valence-electron chi connectivity index (χ1n) is 4.48. The van der Waals surface area contributed by atoms with Gasteiger partial charge in [-0.15, -0.1) is 0 Å². The number of benzene rings is 1. The summed E-state index contributed by atoms with van der Waals surface area (Å²) in [5.41, 5.74) is 2.79. The molecule has 0 fully saturated rings. The van der Waals surface area contributed by atoms with Crippen LogP contribution in [0.25, 0.3) is 0 Å². The maximum atomic E-state index is 5.43. The molecule has 0 aliphatic rings. The van der Waals surface area contributed by atoms with Crippen molar-refractivity contribution in [2.45, 2.75) is 13.0 Å². The van der Waals surface area contributed by atoms with Crippen molar-refractivity contribution < 1.29 is 0 Å². The minimum atomic E-state index is 0.334. The van der Waals surface area contributed by atoms with E-state index in [1.807, 2.05) is 18.2 Å². The maximum absolute atomic E-state index is 5.43. The third kappa shape index (κ3) is 3.82. The number of nitrogens with one attached hydrogen (secondary N) is 1. The summed E-state index contributed by atoms with van der Waals surface area (Å²) in [5.74, 6) is 0. The van der Waals surface area contributed by atoms with Gasteiger partial charge in [-0.25, -0.2) is 0 Å². The van der Waals surface area contributed by atoms with Gasteiger partial charge in [-0.2, -0.15) is 0 Å². The fraction of sp³-hybridized carbons (Fsp3) is 0.273. The first-order chi connectivity index (χ1) is 6.74. The molecule has 0 heterocycles. The van der Waals surface area contributed by atoms with Crippen LogP contribution in [0.15, 0.2) is 40.3 Å². The Morgan fingerprint density at radius 3 is 3.00 bits per heavy atom. The summed E-state index contributed by atoms with van der Waals surface area (Å²) < 4.78 is 1.11. The van der Waals surface area contributed by atoms with Gasteiger partial charge >= 0.3 is 0 Å². The first kappa shape index (κ1) is 11.8. The van der Waals surface area contributed by atoms with Crippen LogP contribution in [-0.4, -0.2) is 6.54 Å². The summed E-state index contributed by atoms with van der Waals surface area (Å²) in [6.07, 6.45) is 1.88. The Morgan fingerprint density at radius 1 is 1.57 bits per heavy atom. The molecule has 1 nitrogen and oxygen atoms in total. The van der Waals surface area contributed by atoms with Crippen LogP contribution >= 0.6 is 27.5 Å². The van der Waals surface area contributed by atoms with Gasteiger partial charge in [-0.05, 0) is 24.6 Å². The van der Waals surface area contributed by atoms with Crippen molar-refractivity contribution in [3.8, 4) is 0 Å². The molecule has 14 heavy (non-hydrogen) atoms. The van der Waals surface area contributed by atoms with E-state index in [9.17, 15) is 0 Å². The van der Waals surface area contributed by atoms with Crippen LogP contribution in [0.4, 0.5) is 0 Å². The standard InChI is InChI=1S/C11H13BrClN/c1-9(14-7-3-6-13)10-4-2-5-11(12)8-10/h2-6,8-9,14H,7H2,1H3/b6-3+/t9-/m0/s1. The summed E-state index contributed by atoms with van der Waals surface area (Å²) in [6, 6.07) is 8.61. The predicted octanol–water partition coefficient (Wildman–Crippen LogP) is 3.85. The Balaban J connectivity index is 2.55. The summed E-state index contributed by atoms with van der Waals surface area (Å²) in [5, 5.41) is 3.33.